The van der Waals surface area contributed by atoms with Crippen molar-refractivity contribution in [2.24, 2.45) is 0 Å². The van der Waals surface area contributed by atoms with Crippen LogP contribution in [0.3, 0.4) is 0 Å². The molecule has 0 spiro atoms. The average molecular weight is 336 g/mol. The zero-order valence-electron chi connectivity index (χ0n) is 15.0. The zero-order chi connectivity index (χ0) is 17.1. The van der Waals surface area contributed by atoms with E-state index in [0.29, 0.717) is 12.1 Å². The zero-order valence-corrected chi connectivity index (χ0v) is 15.0. The average Bonchev–Trinajstić information content (AvgIpc) is 2.69. The van der Waals surface area contributed by atoms with Gasteiger partial charge in [-0.1, -0.05) is 36.4 Å². The molecule has 4 nitrogen and oxygen atoms in total. The molecule has 2 fully saturated rings. The Morgan fingerprint density at radius 1 is 0.760 bits per heavy atom. The first-order valence-corrected chi connectivity index (χ1v) is 9.38. The third-order valence-corrected chi connectivity index (χ3v) is 5.47. The summed E-state index contributed by atoms with van der Waals surface area (Å²) >= 11 is 0. The summed E-state index contributed by atoms with van der Waals surface area (Å²) < 4.78 is 0. The molecule has 0 radical (unpaired) electrons. The predicted molar refractivity (Wildman–Crippen MR) is 106 cm³/mol. The minimum Gasteiger partial charge on any atom is -0.369 e. The van der Waals surface area contributed by atoms with Gasteiger partial charge in [-0.2, -0.15) is 0 Å². The lowest BCUT2D eigenvalue weighted by atomic mass is 10.0. The summed E-state index contributed by atoms with van der Waals surface area (Å²) in [6.07, 6.45) is 0. The van der Waals surface area contributed by atoms with Crippen molar-refractivity contribution in [3.63, 3.8) is 0 Å². The van der Waals surface area contributed by atoms with E-state index in [2.05, 4.69) is 82.0 Å². The summed E-state index contributed by atoms with van der Waals surface area (Å²) in [5, 5.41) is 7.49. The van der Waals surface area contributed by atoms with Gasteiger partial charge in [0.2, 0.25) is 0 Å². The van der Waals surface area contributed by atoms with Gasteiger partial charge in [0.1, 0.15) is 0 Å². The molecular weight excluding hydrogens is 308 g/mol. The Kier molecular flexibility index (Phi) is 4.90. The molecule has 2 aromatic rings. The molecule has 4 rings (SSSR count). The molecule has 25 heavy (non-hydrogen) atoms. The van der Waals surface area contributed by atoms with E-state index in [1.807, 2.05) is 0 Å². The molecule has 2 heterocycles. The first kappa shape index (κ1) is 16.4. The van der Waals surface area contributed by atoms with Gasteiger partial charge >= 0.3 is 0 Å². The van der Waals surface area contributed by atoms with Crippen LogP contribution in [0.1, 0.15) is 5.56 Å². The highest BCUT2D eigenvalue weighted by atomic mass is 15.3. The van der Waals surface area contributed by atoms with Gasteiger partial charge in [0.15, 0.2) is 0 Å². The Labute approximate surface area is 150 Å². The first-order valence-electron chi connectivity index (χ1n) is 9.38. The molecule has 0 aliphatic carbocycles. The Morgan fingerprint density at radius 2 is 1.36 bits per heavy atom. The van der Waals surface area contributed by atoms with Crippen LogP contribution >= 0.6 is 0 Å². The fraction of sp³-hybridized carbons (Fsp3) is 0.429. The number of nitrogens with zero attached hydrogens (tertiary/aromatic N) is 2. The molecule has 2 aliphatic rings. The van der Waals surface area contributed by atoms with Gasteiger partial charge in [0.05, 0.1) is 0 Å². The van der Waals surface area contributed by atoms with Crippen molar-refractivity contribution in [2.45, 2.75) is 19.0 Å². The van der Waals surface area contributed by atoms with Crippen molar-refractivity contribution in [3.05, 3.63) is 60.2 Å². The van der Waals surface area contributed by atoms with Gasteiger partial charge in [-0.3, -0.25) is 0 Å². The quantitative estimate of drug-likeness (QED) is 0.900. The number of hydrogen-bond acceptors (Lipinski definition) is 4. The number of aryl methyl sites for hydroxylation is 1. The number of nitrogens with one attached hydrogen (secondary N) is 2. The maximum Gasteiger partial charge on any atom is 0.0416 e. The molecule has 4 heteroatoms. The van der Waals surface area contributed by atoms with Crippen molar-refractivity contribution >= 4 is 11.4 Å². The molecule has 2 N–H and O–H groups in total. The van der Waals surface area contributed by atoms with Crippen molar-refractivity contribution in [1.82, 2.24) is 10.6 Å². The van der Waals surface area contributed by atoms with Crippen LogP contribution in [0.25, 0.3) is 0 Å². The van der Waals surface area contributed by atoms with Gasteiger partial charge in [0, 0.05) is 62.7 Å². The van der Waals surface area contributed by atoms with Crippen molar-refractivity contribution < 1.29 is 0 Å². The van der Waals surface area contributed by atoms with Crippen LogP contribution < -0.4 is 20.4 Å². The van der Waals surface area contributed by atoms with E-state index in [4.69, 9.17) is 0 Å². The topological polar surface area (TPSA) is 30.5 Å². The fourth-order valence-corrected chi connectivity index (χ4v) is 4.11. The smallest absolute Gasteiger partial charge is 0.0416 e. The summed E-state index contributed by atoms with van der Waals surface area (Å²) in [4.78, 5) is 5.05. The van der Waals surface area contributed by atoms with Gasteiger partial charge in [0.25, 0.3) is 0 Å². The van der Waals surface area contributed by atoms with E-state index < -0.39 is 0 Å². The number of benzene rings is 2. The largest absolute Gasteiger partial charge is 0.369 e. The Balaban J connectivity index is 1.45. The number of para-hydroxylation sites is 2. The van der Waals surface area contributed by atoms with Gasteiger partial charge < -0.3 is 20.4 Å². The second-order valence-electron chi connectivity index (χ2n) is 7.14. The van der Waals surface area contributed by atoms with E-state index in [1.165, 1.54) is 16.9 Å². The van der Waals surface area contributed by atoms with E-state index in [9.17, 15) is 0 Å². The minimum absolute atomic E-state index is 0.472. The molecule has 2 aliphatic heterocycles. The molecule has 0 bridgehead atoms. The Morgan fingerprint density at radius 3 is 2.08 bits per heavy atom. The normalized spacial score (nSPS) is 24.4. The number of anilines is 2. The van der Waals surface area contributed by atoms with Crippen LogP contribution in [-0.4, -0.2) is 51.4 Å². The third kappa shape index (κ3) is 3.65. The minimum atomic E-state index is 0.472. The van der Waals surface area contributed by atoms with Crippen LogP contribution in [-0.2, 0) is 0 Å². The Bertz CT molecular complexity index is 687. The van der Waals surface area contributed by atoms with Gasteiger partial charge in [-0.25, -0.2) is 0 Å². The highest BCUT2D eigenvalue weighted by Crippen LogP contribution is 2.22. The molecule has 0 saturated carbocycles. The second kappa shape index (κ2) is 7.46. The van der Waals surface area contributed by atoms with Crippen molar-refractivity contribution in [2.75, 3.05) is 49.1 Å². The van der Waals surface area contributed by atoms with Crippen LogP contribution in [0.15, 0.2) is 54.6 Å². The van der Waals surface area contributed by atoms with Gasteiger partial charge in [-0.15, -0.1) is 0 Å². The van der Waals surface area contributed by atoms with Crippen molar-refractivity contribution in [3.8, 4) is 0 Å². The number of rotatable bonds is 3. The van der Waals surface area contributed by atoms with Crippen molar-refractivity contribution in [1.29, 1.82) is 0 Å². The van der Waals surface area contributed by atoms with Crippen LogP contribution in [0.5, 0.6) is 0 Å². The molecule has 2 unspecified atom stereocenters. The maximum absolute atomic E-state index is 3.75. The molecular formula is C21H28N4. The maximum atomic E-state index is 3.75. The lowest BCUT2D eigenvalue weighted by molar-refractivity contribution is 0.326. The molecule has 0 amide bonds. The van der Waals surface area contributed by atoms with E-state index >= 15 is 0 Å². The SMILES string of the molecule is Cc1ccccc1N1CCNC(C2CN(c3ccccc3)CCN2)C1. The monoisotopic (exact) mass is 336 g/mol. The highest BCUT2D eigenvalue weighted by molar-refractivity contribution is 5.53. The summed E-state index contributed by atoms with van der Waals surface area (Å²) in [6, 6.07) is 20.5. The summed E-state index contributed by atoms with van der Waals surface area (Å²) in [5.41, 5.74) is 4.08. The lowest BCUT2D eigenvalue weighted by Crippen LogP contribution is -2.65. The second-order valence-corrected chi connectivity index (χ2v) is 7.14. The molecule has 2 saturated heterocycles. The number of piperazine rings is 2. The van der Waals surface area contributed by atoms with E-state index in [1.54, 1.807) is 0 Å². The number of hydrogen-bond donors (Lipinski definition) is 2. The molecule has 2 aromatic carbocycles. The third-order valence-electron chi connectivity index (χ3n) is 5.47. The van der Waals surface area contributed by atoms with Crippen LogP contribution in [0.2, 0.25) is 0 Å². The predicted octanol–water partition coefficient (Wildman–Crippen LogP) is 2.25. The van der Waals surface area contributed by atoms with Crippen LogP contribution in [0.4, 0.5) is 11.4 Å². The van der Waals surface area contributed by atoms with Gasteiger partial charge in [-0.05, 0) is 30.7 Å². The fourth-order valence-electron chi connectivity index (χ4n) is 4.11. The lowest BCUT2D eigenvalue weighted by Gasteiger charge is -2.44. The molecule has 132 valence electrons. The highest BCUT2D eigenvalue weighted by Gasteiger charge is 2.30. The molecule has 0 aromatic heterocycles. The summed E-state index contributed by atoms with van der Waals surface area (Å²) in [6.45, 7) is 8.58. The van der Waals surface area contributed by atoms with E-state index in [-0.39, 0.29) is 0 Å². The first-order chi connectivity index (χ1) is 12.3. The molecule has 2 atom stereocenters. The summed E-state index contributed by atoms with van der Waals surface area (Å²) in [5.74, 6) is 0. The standard InChI is InChI=1S/C21H28N4/c1-17-7-5-6-10-21(17)25-14-12-23-20(16-25)19-15-24(13-11-22-19)18-8-3-2-4-9-18/h2-10,19-20,22-23H,11-16H2,1H3. The van der Waals surface area contributed by atoms with Crippen LogP contribution in [0, 0.1) is 6.92 Å². The Hall–Kier alpha value is -2.04. The van der Waals surface area contributed by atoms with E-state index in [0.717, 1.165) is 39.3 Å². The summed E-state index contributed by atoms with van der Waals surface area (Å²) in [7, 11) is 0.